The van der Waals surface area contributed by atoms with E-state index in [1.807, 2.05) is 25.1 Å². The van der Waals surface area contributed by atoms with Gasteiger partial charge in [0.05, 0.1) is 12.7 Å². The lowest BCUT2D eigenvalue weighted by Gasteiger charge is -2.34. The summed E-state index contributed by atoms with van der Waals surface area (Å²) in [5.74, 6) is -0.0766. The van der Waals surface area contributed by atoms with Crippen molar-refractivity contribution in [3.05, 3.63) is 62.3 Å². The molecule has 3 heterocycles. The Morgan fingerprint density at radius 3 is 2.73 bits per heavy atom. The molecule has 2 N–H and O–H groups in total. The topological polar surface area (TPSA) is 103 Å². The first-order valence-corrected chi connectivity index (χ1v) is 13.5. The third kappa shape index (κ3) is 4.01. The van der Waals surface area contributed by atoms with Crippen molar-refractivity contribution in [2.45, 2.75) is 57.8 Å². The molecule has 37 heavy (non-hydrogen) atoms. The van der Waals surface area contributed by atoms with Gasteiger partial charge in [0.1, 0.15) is 5.00 Å². The largest absolute Gasteiger partial charge is 0.465 e. The van der Waals surface area contributed by atoms with Gasteiger partial charge in [-0.1, -0.05) is 6.07 Å². The van der Waals surface area contributed by atoms with Gasteiger partial charge in [-0.25, -0.2) is 4.79 Å². The predicted octanol–water partition coefficient (Wildman–Crippen LogP) is 4.75. The van der Waals surface area contributed by atoms with Gasteiger partial charge >= 0.3 is 5.97 Å². The Morgan fingerprint density at radius 1 is 1.08 bits per heavy atom. The van der Waals surface area contributed by atoms with Gasteiger partial charge in [0, 0.05) is 39.8 Å². The highest BCUT2D eigenvalue weighted by atomic mass is 32.1. The van der Waals surface area contributed by atoms with Crippen LogP contribution in [0, 0.1) is 0 Å². The molecular weight excluding hydrogens is 492 g/mol. The third-order valence-electron chi connectivity index (χ3n) is 7.54. The van der Waals surface area contributed by atoms with Gasteiger partial charge in [-0.15, -0.1) is 11.3 Å². The number of fused-ring (bicyclic) bond motifs is 2. The molecule has 2 aromatic rings. The number of anilines is 1. The molecule has 0 spiro atoms. The van der Waals surface area contributed by atoms with Crippen molar-refractivity contribution >= 4 is 34.0 Å². The highest BCUT2D eigenvalue weighted by Gasteiger charge is 2.39. The molecule has 9 heteroatoms. The van der Waals surface area contributed by atoms with Crippen molar-refractivity contribution in [2.24, 2.45) is 0 Å². The van der Waals surface area contributed by atoms with E-state index in [9.17, 15) is 14.4 Å². The summed E-state index contributed by atoms with van der Waals surface area (Å²) in [5.41, 5.74) is 4.85. The predicted molar refractivity (Wildman–Crippen MR) is 138 cm³/mol. The van der Waals surface area contributed by atoms with Crippen LogP contribution in [-0.2, 0) is 27.2 Å². The summed E-state index contributed by atoms with van der Waals surface area (Å²) in [4.78, 5) is 41.1. The van der Waals surface area contributed by atoms with Crippen LogP contribution in [-0.4, -0.2) is 31.6 Å². The number of ketones is 1. The number of dihydropyridines is 1. The minimum atomic E-state index is -0.560. The first-order valence-electron chi connectivity index (χ1n) is 12.6. The summed E-state index contributed by atoms with van der Waals surface area (Å²) in [6.07, 6.45) is 5.70. The van der Waals surface area contributed by atoms with Crippen LogP contribution in [0.15, 0.2) is 40.7 Å². The van der Waals surface area contributed by atoms with Crippen LogP contribution in [0.25, 0.3) is 0 Å². The fraction of sp³-hybridized carbons (Fsp3) is 0.393. The van der Waals surface area contributed by atoms with Crippen LogP contribution in [0.3, 0.4) is 0 Å². The minimum Gasteiger partial charge on any atom is -0.465 e. The summed E-state index contributed by atoms with van der Waals surface area (Å²) >= 11 is 1.44. The number of ether oxygens (including phenoxy) is 3. The number of methoxy groups -OCH3 is 1. The molecule has 1 aromatic carbocycles. The fourth-order valence-electron chi connectivity index (χ4n) is 5.85. The van der Waals surface area contributed by atoms with Gasteiger partial charge in [0.25, 0.3) is 5.91 Å². The molecular formula is C28H28N2O6S. The Hall–Kier alpha value is -3.59. The number of carbonyl (C=O) groups excluding carboxylic acids is 3. The molecule has 1 atom stereocenters. The molecule has 2 aliphatic heterocycles. The molecule has 1 aromatic heterocycles. The van der Waals surface area contributed by atoms with E-state index >= 15 is 0 Å². The number of benzene rings is 1. The number of allylic oxidation sites excluding steroid dienone is 3. The van der Waals surface area contributed by atoms with E-state index in [4.69, 9.17) is 14.2 Å². The highest BCUT2D eigenvalue weighted by molar-refractivity contribution is 7.17. The van der Waals surface area contributed by atoms with E-state index in [1.165, 1.54) is 18.4 Å². The van der Waals surface area contributed by atoms with Crippen molar-refractivity contribution in [2.75, 3.05) is 19.2 Å². The van der Waals surface area contributed by atoms with Crippen molar-refractivity contribution in [3.63, 3.8) is 0 Å². The molecule has 2 aliphatic carbocycles. The summed E-state index contributed by atoms with van der Waals surface area (Å²) < 4.78 is 16.2. The lowest BCUT2D eigenvalue weighted by molar-refractivity contribution is -0.116. The summed E-state index contributed by atoms with van der Waals surface area (Å²) in [6.45, 7) is 2.00. The molecule has 6 rings (SSSR count). The van der Waals surface area contributed by atoms with E-state index < -0.39 is 11.9 Å². The van der Waals surface area contributed by atoms with Crippen LogP contribution >= 0.6 is 11.3 Å². The van der Waals surface area contributed by atoms with Crippen LogP contribution in [0.1, 0.15) is 71.3 Å². The Labute approximate surface area is 218 Å². The van der Waals surface area contributed by atoms with E-state index in [0.717, 1.165) is 60.2 Å². The maximum absolute atomic E-state index is 14.0. The molecule has 4 aliphatic rings. The Balaban J connectivity index is 1.43. The quantitative estimate of drug-likeness (QED) is 0.561. The second-order valence-electron chi connectivity index (χ2n) is 9.74. The first-order chi connectivity index (χ1) is 18.0. The Kier molecular flexibility index (Phi) is 6.03. The number of carbonyl (C=O) groups is 3. The number of rotatable bonds is 4. The lowest BCUT2D eigenvalue weighted by Crippen LogP contribution is -2.35. The number of amides is 1. The van der Waals surface area contributed by atoms with Crippen LogP contribution in [0.5, 0.6) is 11.5 Å². The zero-order valence-electron chi connectivity index (χ0n) is 20.8. The Morgan fingerprint density at radius 2 is 1.89 bits per heavy atom. The fourth-order valence-corrected chi connectivity index (χ4v) is 7.13. The number of hydrogen-bond donors (Lipinski definition) is 2. The van der Waals surface area contributed by atoms with Crippen molar-refractivity contribution < 1.29 is 28.6 Å². The average molecular weight is 521 g/mol. The summed E-state index contributed by atoms with van der Waals surface area (Å²) in [7, 11) is 1.36. The smallest absolute Gasteiger partial charge is 0.341 e. The summed E-state index contributed by atoms with van der Waals surface area (Å²) in [5, 5.41) is 6.89. The molecule has 1 amide bonds. The number of aryl methyl sites for hydroxylation is 1. The number of Topliss-reactive ketones (excluding diaryl/α,β-unsaturated/α-hetero) is 1. The molecule has 0 bridgehead atoms. The molecule has 192 valence electrons. The molecule has 8 nitrogen and oxygen atoms in total. The first kappa shape index (κ1) is 23.8. The Bertz CT molecular complexity index is 1400. The summed E-state index contributed by atoms with van der Waals surface area (Å²) in [6, 6.07) is 5.57. The van der Waals surface area contributed by atoms with Crippen LogP contribution in [0.4, 0.5) is 5.00 Å². The van der Waals surface area contributed by atoms with Gasteiger partial charge in [-0.3, -0.25) is 9.59 Å². The van der Waals surface area contributed by atoms with Gasteiger partial charge in [-0.2, -0.15) is 0 Å². The van der Waals surface area contributed by atoms with Gasteiger partial charge in [0.2, 0.25) is 6.79 Å². The van der Waals surface area contributed by atoms with Crippen molar-refractivity contribution in [1.82, 2.24) is 5.32 Å². The number of hydrogen-bond acceptors (Lipinski definition) is 8. The molecule has 0 saturated heterocycles. The maximum atomic E-state index is 14.0. The van der Waals surface area contributed by atoms with Crippen LogP contribution in [0.2, 0.25) is 0 Å². The number of nitrogens with one attached hydrogen (secondary N) is 2. The van der Waals surface area contributed by atoms with Gasteiger partial charge < -0.3 is 24.8 Å². The van der Waals surface area contributed by atoms with E-state index in [-0.39, 0.29) is 18.5 Å². The number of thiophene rings is 1. The van der Waals surface area contributed by atoms with Gasteiger partial charge in [0.15, 0.2) is 17.3 Å². The molecule has 0 unspecified atom stereocenters. The van der Waals surface area contributed by atoms with Crippen molar-refractivity contribution in [3.8, 4) is 11.5 Å². The highest BCUT2D eigenvalue weighted by Crippen LogP contribution is 2.46. The zero-order chi connectivity index (χ0) is 25.7. The monoisotopic (exact) mass is 520 g/mol. The third-order valence-corrected chi connectivity index (χ3v) is 8.75. The standard InChI is InChI=1S/C28H28N2O6S/c1-14-22(26(32)30-27-24(28(33)34-2)16-6-3-4-9-21(16)37-27)23(25-17(29-14)7-5-8-18(25)31)15-10-11-19-20(12-15)36-13-35-19/h10-12,23,29H,3-9,13H2,1-2H3,(H,30,32)/t23-/m0/s1. The maximum Gasteiger partial charge on any atom is 0.341 e. The zero-order valence-corrected chi connectivity index (χ0v) is 21.6. The minimum absolute atomic E-state index is 0.0380. The van der Waals surface area contributed by atoms with Crippen LogP contribution < -0.4 is 20.1 Å². The van der Waals surface area contributed by atoms with Crippen molar-refractivity contribution in [1.29, 1.82) is 0 Å². The number of esters is 1. The average Bonchev–Trinajstić information content (AvgIpc) is 3.51. The van der Waals surface area contributed by atoms with E-state index in [1.54, 1.807) is 0 Å². The molecule has 0 fully saturated rings. The molecule has 0 radical (unpaired) electrons. The van der Waals surface area contributed by atoms with E-state index in [0.29, 0.717) is 45.3 Å². The lowest BCUT2D eigenvalue weighted by atomic mass is 9.75. The second-order valence-corrected chi connectivity index (χ2v) is 10.8. The second kappa shape index (κ2) is 9.37. The normalized spacial score (nSPS) is 20.3. The molecule has 0 saturated carbocycles. The van der Waals surface area contributed by atoms with Gasteiger partial charge in [-0.05, 0) is 68.7 Å². The SMILES string of the molecule is COC(=O)c1c(NC(=O)C2=C(C)NC3=C(C(=O)CCC3)[C@H]2c2ccc3c(c2)OCO3)sc2c1CCCC2. The van der Waals surface area contributed by atoms with E-state index in [2.05, 4.69) is 10.6 Å².